The molecule has 3 aromatic carbocycles. The molecule has 0 saturated carbocycles. The fourth-order valence-electron chi connectivity index (χ4n) is 8.65. The van der Waals surface area contributed by atoms with Crippen molar-refractivity contribution in [2.24, 2.45) is 11.7 Å². The van der Waals surface area contributed by atoms with E-state index in [1.807, 2.05) is 36.4 Å². The molecular formula is C45H43N7O6. The third-order valence-corrected chi connectivity index (χ3v) is 11.9. The molecule has 1 atom stereocenters. The summed E-state index contributed by atoms with van der Waals surface area (Å²) in [5.41, 5.74) is 13.1. The van der Waals surface area contributed by atoms with Gasteiger partial charge in [-0.05, 0) is 103 Å². The summed E-state index contributed by atoms with van der Waals surface area (Å²) in [7, 11) is 0. The molecule has 58 heavy (non-hydrogen) atoms. The number of nitrogens with one attached hydrogen (secondary N) is 1. The third kappa shape index (κ3) is 7.24. The minimum Gasteiger partial charge on any atom is -0.463 e. The van der Waals surface area contributed by atoms with Crippen LogP contribution in [0.2, 0.25) is 0 Å². The SMILES string of the molecule is NC(=O)c1ccc(-c2cc(-c3ccc(N4CCC(CN5CCN(c6ccc7c(c6)C(=O)N(C6CCC(=O)NC6=O)C7=O)CC5)CC4)cc3)nc(-c3ccco3)c2)cc1. The number of imide groups is 2. The van der Waals surface area contributed by atoms with Crippen molar-refractivity contribution in [2.45, 2.75) is 31.7 Å². The first-order chi connectivity index (χ1) is 28.2. The van der Waals surface area contributed by atoms with E-state index in [2.05, 4.69) is 50.3 Å². The van der Waals surface area contributed by atoms with Crippen LogP contribution in [0.15, 0.2) is 102 Å². The summed E-state index contributed by atoms with van der Waals surface area (Å²) in [6, 6.07) is 28.0. The molecule has 4 aliphatic rings. The standard InChI is InChI=1S/C45H43N7O6/c46-42(54)31-5-3-29(4-6-31)32-24-37(47-38(25-32)40-2-1-23-58-40)30-7-9-33(10-8-30)50-17-15-28(16-18-50)27-49-19-21-51(22-20-49)34-11-12-35-36(26-34)45(57)52(44(35)56)39-13-14-41(53)48-43(39)55/h1-12,23-26,28,39H,13-22,27H2,(H2,46,54)(H,48,53,55). The second-order valence-corrected chi connectivity index (χ2v) is 15.5. The van der Waals surface area contributed by atoms with Gasteiger partial charge < -0.3 is 20.0 Å². The lowest BCUT2D eigenvalue weighted by Crippen LogP contribution is -2.54. The van der Waals surface area contributed by atoms with Crippen LogP contribution in [-0.4, -0.2) is 96.2 Å². The van der Waals surface area contributed by atoms with Crippen molar-refractivity contribution in [1.82, 2.24) is 20.1 Å². The average molecular weight is 778 g/mol. The van der Waals surface area contributed by atoms with E-state index < -0.39 is 29.7 Å². The predicted octanol–water partition coefficient (Wildman–Crippen LogP) is 5.21. The van der Waals surface area contributed by atoms with E-state index in [-0.39, 0.29) is 18.7 Å². The van der Waals surface area contributed by atoms with Crippen molar-refractivity contribution in [1.29, 1.82) is 0 Å². The van der Waals surface area contributed by atoms with E-state index >= 15 is 0 Å². The molecule has 294 valence electrons. The number of hydrogen-bond acceptors (Lipinski definition) is 10. The van der Waals surface area contributed by atoms with Crippen molar-refractivity contribution >= 4 is 40.9 Å². The summed E-state index contributed by atoms with van der Waals surface area (Å²) in [5.74, 6) is -1.14. The molecule has 1 unspecified atom stereocenters. The summed E-state index contributed by atoms with van der Waals surface area (Å²) in [4.78, 5) is 75.4. The Morgan fingerprint density at radius 2 is 1.38 bits per heavy atom. The number of amides is 5. The normalized spacial score (nSPS) is 19.1. The van der Waals surface area contributed by atoms with Crippen molar-refractivity contribution in [3.05, 3.63) is 114 Å². The second kappa shape index (κ2) is 15.4. The minimum atomic E-state index is -0.970. The number of hydrogen-bond donors (Lipinski definition) is 2. The van der Waals surface area contributed by atoms with E-state index in [1.54, 1.807) is 30.5 Å². The molecule has 5 amide bonds. The Morgan fingerprint density at radius 1 is 0.707 bits per heavy atom. The number of nitrogens with zero attached hydrogens (tertiary/aromatic N) is 5. The molecule has 3 N–H and O–H groups in total. The second-order valence-electron chi connectivity index (χ2n) is 15.5. The van der Waals surface area contributed by atoms with Gasteiger partial charge in [0.25, 0.3) is 11.8 Å². The zero-order chi connectivity index (χ0) is 39.9. The van der Waals surface area contributed by atoms with E-state index in [9.17, 15) is 24.0 Å². The smallest absolute Gasteiger partial charge is 0.262 e. The topological polar surface area (TPSA) is 162 Å². The molecule has 5 aromatic rings. The highest BCUT2D eigenvalue weighted by molar-refractivity contribution is 6.23. The molecule has 0 bridgehead atoms. The summed E-state index contributed by atoms with van der Waals surface area (Å²) in [6.45, 7) is 6.45. The number of pyridine rings is 1. The Hall–Kier alpha value is -6.60. The molecule has 0 spiro atoms. The van der Waals surface area contributed by atoms with Gasteiger partial charge in [-0.1, -0.05) is 24.3 Å². The van der Waals surface area contributed by atoms with Crippen LogP contribution in [0, 0.1) is 5.92 Å². The molecule has 2 aromatic heterocycles. The van der Waals surface area contributed by atoms with E-state index in [4.69, 9.17) is 15.1 Å². The largest absolute Gasteiger partial charge is 0.463 e. The number of furan rings is 1. The van der Waals surface area contributed by atoms with Crippen LogP contribution in [0.25, 0.3) is 33.8 Å². The van der Waals surface area contributed by atoms with Gasteiger partial charge in [-0.25, -0.2) is 4.98 Å². The van der Waals surface area contributed by atoms with Crippen LogP contribution >= 0.6 is 0 Å². The maximum Gasteiger partial charge on any atom is 0.262 e. The van der Waals surface area contributed by atoms with Gasteiger partial charge >= 0.3 is 0 Å². The number of nitrogens with two attached hydrogens (primary N) is 1. The van der Waals surface area contributed by atoms with Crippen molar-refractivity contribution < 1.29 is 28.4 Å². The lowest BCUT2D eigenvalue weighted by atomic mass is 9.95. The summed E-state index contributed by atoms with van der Waals surface area (Å²) in [5, 5.41) is 2.25. The maximum absolute atomic E-state index is 13.4. The molecule has 13 nitrogen and oxygen atoms in total. The van der Waals surface area contributed by atoms with Gasteiger partial charge in [0.15, 0.2) is 5.76 Å². The fraction of sp³-hybridized carbons (Fsp3) is 0.289. The number of piperazine rings is 1. The molecule has 13 heteroatoms. The first kappa shape index (κ1) is 37.0. The lowest BCUT2D eigenvalue weighted by Gasteiger charge is -2.40. The summed E-state index contributed by atoms with van der Waals surface area (Å²) < 4.78 is 5.70. The van der Waals surface area contributed by atoms with Gasteiger partial charge in [-0.2, -0.15) is 0 Å². The zero-order valence-corrected chi connectivity index (χ0v) is 31.9. The van der Waals surface area contributed by atoms with E-state index in [1.165, 1.54) is 5.69 Å². The zero-order valence-electron chi connectivity index (χ0n) is 31.9. The Kier molecular flexibility index (Phi) is 9.82. The van der Waals surface area contributed by atoms with Crippen LogP contribution < -0.4 is 20.9 Å². The van der Waals surface area contributed by atoms with Gasteiger partial charge in [0, 0.05) is 74.7 Å². The predicted molar refractivity (Wildman–Crippen MR) is 218 cm³/mol. The van der Waals surface area contributed by atoms with Crippen LogP contribution in [-0.2, 0) is 9.59 Å². The van der Waals surface area contributed by atoms with Gasteiger partial charge in [-0.3, -0.25) is 39.1 Å². The number of primary amides is 1. The van der Waals surface area contributed by atoms with Gasteiger partial charge in [0.05, 0.1) is 23.1 Å². The maximum atomic E-state index is 13.4. The molecule has 0 aliphatic carbocycles. The van der Waals surface area contributed by atoms with Gasteiger partial charge in [-0.15, -0.1) is 0 Å². The number of benzene rings is 3. The Labute approximate surface area is 335 Å². The number of fused-ring (bicyclic) bond motifs is 1. The monoisotopic (exact) mass is 777 g/mol. The van der Waals surface area contributed by atoms with E-state index in [0.717, 1.165) is 97.3 Å². The average Bonchev–Trinajstić information content (AvgIpc) is 3.88. The molecule has 0 radical (unpaired) electrons. The van der Waals surface area contributed by atoms with Gasteiger partial charge in [0.1, 0.15) is 11.7 Å². The molecule has 9 rings (SSSR count). The third-order valence-electron chi connectivity index (χ3n) is 11.9. The minimum absolute atomic E-state index is 0.0940. The Balaban J connectivity index is 0.791. The van der Waals surface area contributed by atoms with Crippen molar-refractivity contribution in [3.8, 4) is 33.8 Å². The molecule has 3 saturated heterocycles. The highest BCUT2D eigenvalue weighted by Crippen LogP contribution is 2.34. The number of rotatable bonds is 9. The fourth-order valence-corrected chi connectivity index (χ4v) is 8.65. The summed E-state index contributed by atoms with van der Waals surface area (Å²) in [6.07, 6.45) is 4.09. The highest BCUT2D eigenvalue weighted by atomic mass is 16.3. The first-order valence-corrected chi connectivity index (χ1v) is 19.8. The summed E-state index contributed by atoms with van der Waals surface area (Å²) >= 11 is 0. The quantitative estimate of drug-likeness (QED) is 0.190. The number of carbonyl (C=O) groups excluding carboxylic acids is 5. The van der Waals surface area contributed by atoms with Crippen LogP contribution in [0.3, 0.4) is 0 Å². The van der Waals surface area contributed by atoms with Crippen LogP contribution in [0.4, 0.5) is 11.4 Å². The Morgan fingerprint density at radius 3 is 2.07 bits per heavy atom. The van der Waals surface area contributed by atoms with Crippen molar-refractivity contribution in [2.75, 3.05) is 55.6 Å². The number of carbonyl (C=O) groups is 5. The number of anilines is 2. The molecule has 6 heterocycles. The Bertz CT molecular complexity index is 2400. The molecule has 3 fully saturated rings. The molecular weight excluding hydrogens is 735 g/mol. The molecule has 4 aliphatic heterocycles. The van der Waals surface area contributed by atoms with Crippen LogP contribution in [0.5, 0.6) is 0 Å². The number of aromatic nitrogens is 1. The van der Waals surface area contributed by atoms with Crippen molar-refractivity contribution in [3.63, 3.8) is 0 Å². The number of piperidine rings is 2. The van der Waals surface area contributed by atoms with Crippen LogP contribution in [0.1, 0.15) is 56.8 Å². The highest BCUT2D eigenvalue weighted by Gasteiger charge is 2.45. The lowest BCUT2D eigenvalue weighted by molar-refractivity contribution is -0.136. The first-order valence-electron chi connectivity index (χ1n) is 19.8. The van der Waals surface area contributed by atoms with Gasteiger partial charge in [0.2, 0.25) is 17.7 Å². The van der Waals surface area contributed by atoms with E-state index in [0.29, 0.717) is 28.4 Å².